The zero-order valence-corrected chi connectivity index (χ0v) is 12.8. The molecular formula is C16H24FN3O. The molecule has 1 N–H and O–H groups in total. The van der Waals surface area contributed by atoms with Crippen LogP contribution in [0.4, 0.5) is 14.9 Å². The van der Waals surface area contributed by atoms with Crippen LogP contribution in [0.15, 0.2) is 24.3 Å². The fourth-order valence-electron chi connectivity index (χ4n) is 2.79. The molecule has 21 heavy (non-hydrogen) atoms. The lowest BCUT2D eigenvalue weighted by Crippen LogP contribution is -2.45. The van der Waals surface area contributed by atoms with Gasteiger partial charge in [-0.2, -0.15) is 0 Å². The number of alkyl halides is 1. The van der Waals surface area contributed by atoms with Gasteiger partial charge in [0.05, 0.1) is 6.54 Å². The molecule has 1 fully saturated rings. The van der Waals surface area contributed by atoms with Crippen LogP contribution in [0.1, 0.15) is 24.3 Å². The molecule has 2 amide bonds. The van der Waals surface area contributed by atoms with Crippen LogP contribution in [0.2, 0.25) is 0 Å². The largest absolute Gasteiger partial charge is 0.388 e. The molecule has 116 valence electrons. The molecule has 1 saturated heterocycles. The van der Waals surface area contributed by atoms with Crippen LogP contribution in [0.5, 0.6) is 0 Å². The number of likely N-dealkylation sites (tertiary alicyclic amines) is 1. The van der Waals surface area contributed by atoms with Crippen LogP contribution in [0.3, 0.4) is 0 Å². The van der Waals surface area contributed by atoms with Gasteiger partial charge in [-0.15, -0.1) is 0 Å². The Labute approximate surface area is 125 Å². The molecule has 4 nitrogen and oxygen atoms in total. The molecule has 0 radical (unpaired) electrons. The number of hydrogen-bond acceptors (Lipinski definition) is 2. The molecule has 5 heteroatoms. The Morgan fingerprint density at radius 1 is 1.33 bits per heavy atom. The van der Waals surface area contributed by atoms with E-state index in [1.54, 1.807) is 7.05 Å². The van der Waals surface area contributed by atoms with Crippen molar-refractivity contribution in [2.75, 3.05) is 45.7 Å². The van der Waals surface area contributed by atoms with Gasteiger partial charge in [0, 0.05) is 32.9 Å². The van der Waals surface area contributed by atoms with Crippen LogP contribution in [0.25, 0.3) is 0 Å². The zero-order chi connectivity index (χ0) is 15.2. The van der Waals surface area contributed by atoms with Crippen LogP contribution in [0, 0.1) is 0 Å². The number of urea groups is 1. The highest BCUT2D eigenvalue weighted by Crippen LogP contribution is 2.29. The SMILES string of the molecule is CNc1ccc(C2CCN(C(=O)N(C)CCF)CC2)cc1. The van der Waals surface area contributed by atoms with Gasteiger partial charge in [-0.25, -0.2) is 9.18 Å². The lowest BCUT2D eigenvalue weighted by molar-refractivity contribution is 0.146. The van der Waals surface area contributed by atoms with Gasteiger partial charge in [-0.3, -0.25) is 0 Å². The number of halogens is 1. The lowest BCUT2D eigenvalue weighted by Gasteiger charge is -2.34. The number of amides is 2. The first kappa shape index (κ1) is 15.6. The summed E-state index contributed by atoms with van der Waals surface area (Å²) in [7, 11) is 3.57. The molecule has 0 unspecified atom stereocenters. The molecule has 0 saturated carbocycles. The first-order valence-electron chi connectivity index (χ1n) is 7.49. The van der Waals surface area contributed by atoms with Gasteiger partial charge < -0.3 is 15.1 Å². The average molecular weight is 293 g/mol. The highest BCUT2D eigenvalue weighted by Gasteiger charge is 2.25. The summed E-state index contributed by atoms with van der Waals surface area (Å²) >= 11 is 0. The maximum atomic E-state index is 12.3. The average Bonchev–Trinajstić information content (AvgIpc) is 2.54. The summed E-state index contributed by atoms with van der Waals surface area (Å²) in [6, 6.07) is 8.42. The summed E-state index contributed by atoms with van der Waals surface area (Å²) < 4.78 is 12.3. The van der Waals surface area contributed by atoms with E-state index in [1.165, 1.54) is 10.5 Å². The molecule has 1 aromatic rings. The molecule has 1 aliphatic heterocycles. The van der Waals surface area contributed by atoms with Crippen molar-refractivity contribution in [3.63, 3.8) is 0 Å². The van der Waals surface area contributed by atoms with Crippen LogP contribution >= 0.6 is 0 Å². The van der Waals surface area contributed by atoms with Crippen molar-refractivity contribution >= 4 is 11.7 Å². The van der Waals surface area contributed by atoms with Gasteiger partial charge in [0.15, 0.2) is 0 Å². The molecule has 1 aromatic carbocycles. The van der Waals surface area contributed by atoms with E-state index < -0.39 is 6.67 Å². The van der Waals surface area contributed by atoms with Gasteiger partial charge in [0.2, 0.25) is 0 Å². The number of carbonyl (C=O) groups is 1. The maximum Gasteiger partial charge on any atom is 0.319 e. The van der Waals surface area contributed by atoms with Gasteiger partial charge >= 0.3 is 6.03 Å². The quantitative estimate of drug-likeness (QED) is 0.926. The number of nitrogens with one attached hydrogen (secondary N) is 1. The van der Waals surface area contributed by atoms with E-state index in [-0.39, 0.29) is 12.6 Å². The third kappa shape index (κ3) is 3.86. The first-order valence-corrected chi connectivity index (χ1v) is 7.49. The summed E-state index contributed by atoms with van der Waals surface area (Å²) in [6.07, 6.45) is 1.93. The molecule has 0 bridgehead atoms. The molecule has 2 rings (SSSR count). The second-order valence-electron chi connectivity index (χ2n) is 5.53. The van der Waals surface area contributed by atoms with Crippen LogP contribution in [-0.2, 0) is 0 Å². The van der Waals surface area contributed by atoms with E-state index in [2.05, 4.69) is 29.6 Å². The maximum absolute atomic E-state index is 12.3. The second-order valence-corrected chi connectivity index (χ2v) is 5.53. The Morgan fingerprint density at radius 3 is 2.48 bits per heavy atom. The minimum Gasteiger partial charge on any atom is -0.388 e. The number of anilines is 1. The Bertz CT molecular complexity index is 455. The Kier molecular flexibility index (Phi) is 5.42. The van der Waals surface area contributed by atoms with E-state index in [0.717, 1.165) is 31.6 Å². The molecular weight excluding hydrogens is 269 g/mol. The third-order valence-corrected chi connectivity index (χ3v) is 4.18. The van der Waals surface area contributed by atoms with Gasteiger partial charge in [-0.1, -0.05) is 12.1 Å². The third-order valence-electron chi connectivity index (χ3n) is 4.18. The van der Waals surface area contributed by atoms with E-state index in [9.17, 15) is 9.18 Å². The standard InChI is InChI=1S/C16H24FN3O/c1-18-15-5-3-13(4-6-15)14-7-10-20(11-8-14)16(21)19(2)12-9-17/h3-6,14,18H,7-12H2,1-2H3. The lowest BCUT2D eigenvalue weighted by atomic mass is 9.89. The Balaban J connectivity index is 1.89. The van der Waals surface area contributed by atoms with Crippen LogP contribution in [-0.4, -0.2) is 56.2 Å². The normalized spacial score (nSPS) is 15.9. The number of piperidine rings is 1. The highest BCUT2D eigenvalue weighted by molar-refractivity contribution is 5.74. The second kappa shape index (κ2) is 7.29. The minimum atomic E-state index is -0.490. The summed E-state index contributed by atoms with van der Waals surface area (Å²) in [4.78, 5) is 15.4. The van der Waals surface area contributed by atoms with Crippen molar-refractivity contribution in [1.82, 2.24) is 9.80 Å². The predicted molar refractivity (Wildman–Crippen MR) is 83.5 cm³/mol. The summed E-state index contributed by atoms with van der Waals surface area (Å²) in [5.41, 5.74) is 2.44. The van der Waals surface area contributed by atoms with Crippen molar-refractivity contribution in [1.29, 1.82) is 0 Å². The van der Waals surface area contributed by atoms with Crippen molar-refractivity contribution in [3.05, 3.63) is 29.8 Å². The molecule has 0 atom stereocenters. The number of rotatable bonds is 4. The van der Waals surface area contributed by atoms with E-state index in [4.69, 9.17) is 0 Å². The van der Waals surface area contributed by atoms with Crippen molar-refractivity contribution < 1.29 is 9.18 Å². The molecule has 1 aliphatic rings. The van der Waals surface area contributed by atoms with Crippen molar-refractivity contribution in [2.45, 2.75) is 18.8 Å². The van der Waals surface area contributed by atoms with Crippen molar-refractivity contribution in [2.24, 2.45) is 0 Å². The van der Waals surface area contributed by atoms with E-state index >= 15 is 0 Å². The molecule has 0 spiro atoms. The van der Waals surface area contributed by atoms with Crippen LogP contribution < -0.4 is 5.32 Å². The number of nitrogens with zero attached hydrogens (tertiary/aromatic N) is 2. The molecule has 1 heterocycles. The predicted octanol–water partition coefficient (Wildman–Crippen LogP) is 2.93. The molecule has 0 aliphatic carbocycles. The fourth-order valence-corrected chi connectivity index (χ4v) is 2.79. The number of hydrogen-bond donors (Lipinski definition) is 1. The fraction of sp³-hybridized carbons (Fsp3) is 0.562. The Hall–Kier alpha value is -1.78. The van der Waals surface area contributed by atoms with Crippen molar-refractivity contribution in [3.8, 4) is 0 Å². The summed E-state index contributed by atoms with van der Waals surface area (Å²) in [5, 5.41) is 3.11. The van der Waals surface area contributed by atoms with Gasteiger partial charge in [0.25, 0.3) is 0 Å². The minimum absolute atomic E-state index is 0.0587. The number of carbonyl (C=O) groups excluding carboxylic acids is 1. The van der Waals surface area contributed by atoms with E-state index in [0.29, 0.717) is 5.92 Å². The Morgan fingerprint density at radius 2 is 1.95 bits per heavy atom. The van der Waals surface area contributed by atoms with E-state index in [1.807, 2.05) is 11.9 Å². The number of benzene rings is 1. The summed E-state index contributed by atoms with van der Waals surface area (Å²) in [6.45, 7) is 1.17. The first-order chi connectivity index (χ1) is 10.2. The smallest absolute Gasteiger partial charge is 0.319 e. The van der Waals surface area contributed by atoms with Gasteiger partial charge in [0.1, 0.15) is 6.67 Å². The zero-order valence-electron chi connectivity index (χ0n) is 12.8. The van der Waals surface area contributed by atoms with Gasteiger partial charge in [-0.05, 0) is 36.5 Å². The monoisotopic (exact) mass is 293 g/mol. The summed E-state index contributed by atoms with van der Waals surface area (Å²) in [5.74, 6) is 0.506. The highest BCUT2D eigenvalue weighted by atomic mass is 19.1. The topological polar surface area (TPSA) is 35.6 Å². The molecule has 0 aromatic heterocycles.